The van der Waals surface area contributed by atoms with Crippen molar-refractivity contribution in [2.45, 2.75) is 39.5 Å². The Kier molecular flexibility index (Phi) is 4.77. The zero-order valence-electron chi connectivity index (χ0n) is 10.1. The number of amides is 1. The highest BCUT2D eigenvalue weighted by Gasteiger charge is 2.33. The summed E-state index contributed by atoms with van der Waals surface area (Å²) < 4.78 is 0. The Morgan fingerprint density at radius 2 is 2.06 bits per heavy atom. The Balaban J connectivity index is 2.62. The van der Waals surface area contributed by atoms with Crippen LogP contribution >= 0.6 is 0 Å². The van der Waals surface area contributed by atoms with Crippen molar-refractivity contribution in [1.29, 1.82) is 0 Å². The van der Waals surface area contributed by atoms with Crippen molar-refractivity contribution < 1.29 is 14.7 Å². The van der Waals surface area contributed by atoms with E-state index in [-0.39, 0.29) is 18.4 Å². The van der Waals surface area contributed by atoms with Crippen molar-refractivity contribution in [1.82, 2.24) is 4.90 Å². The molecule has 2 atom stereocenters. The number of carboxylic acids is 1. The second kappa shape index (κ2) is 5.87. The van der Waals surface area contributed by atoms with Crippen LogP contribution in [0.2, 0.25) is 0 Å². The summed E-state index contributed by atoms with van der Waals surface area (Å²) in [6.07, 6.45) is 3.90. The van der Waals surface area contributed by atoms with Gasteiger partial charge < -0.3 is 10.0 Å². The van der Waals surface area contributed by atoms with E-state index in [2.05, 4.69) is 6.92 Å². The van der Waals surface area contributed by atoms with Crippen LogP contribution < -0.4 is 0 Å². The highest BCUT2D eigenvalue weighted by molar-refractivity contribution is 5.83. The minimum absolute atomic E-state index is 0.0363. The molecule has 0 aromatic rings. The summed E-state index contributed by atoms with van der Waals surface area (Å²) in [5, 5.41) is 8.77. The fourth-order valence-corrected chi connectivity index (χ4v) is 2.45. The van der Waals surface area contributed by atoms with Crippen LogP contribution in [0.15, 0.2) is 0 Å². The summed E-state index contributed by atoms with van der Waals surface area (Å²) in [7, 11) is 0. The van der Waals surface area contributed by atoms with Crippen LogP contribution in [0.5, 0.6) is 0 Å². The number of nitrogens with zero attached hydrogens (tertiary/aromatic N) is 1. The standard InChI is InChI=1S/C12H21NO3/c1-3-7-13(8-11(14)15)12(16)10-6-4-5-9(10)2/h9-10H,3-8H2,1-2H3,(H,14,15). The molecule has 0 radical (unpaired) electrons. The van der Waals surface area contributed by atoms with Crippen molar-refractivity contribution in [3.8, 4) is 0 Å². The summed E-state index contributed by atoms with van der Waals surface area (Å²) >= 11 is 0. The Labute approximate surface area is 96.6 Å². The molecule has 0 aromatic heterocycles. The van der Waals surface area contributed by atoms with Gasteiger partial charge in [-0.1, -0.05) is 20.3 Å². The van der Waals surface area contributed by atoms with Crippen LogP contribution in [-0.4, -0.2) is 35.0 Å². The van der Waals surface area contributed by atoms with Crippen LogP contribution in [0.3, 0.4) is 0 Å². The van der Waals surface area contributed by atoms with E-state index in [0.29, 0.717) is 12.5 Å². The molecule has 0 aromatic carbocycles. The molecule has 1 saturated carbocycles. The van der Waals surface area contributed by atoms with Gasteiger partial charge >= 0.3 is 5.97 Å². The van der Waals surface area contributed by atoms with E-state index in [0.717, 1.165) is 25.7 Å². The third-order valence-corrected chi connectivity index (χ3v) is 3.31. The number of hydrogen-bond acceptors (Lipinski definition) is 2. The van der Waals surface area contributed by atoms with Gasteiger partial charge in [-0.25, -0.2) is 0 Å². The van der Waals surface area contributed by atoms with E-state index < -0.39 is 5.97 Å². The lowest BCUT2D eigenvalue weighted by Gasteiger charge is -2.25. The van der Waals surface area contributed by atoms with Gasteiger partial charge in [0.25, 0.3) is 0 Å². The predicted octanol–water partition coefficient (Wildman–Crippen LogP) is 1.75. The molecular weight excluding hydrogens is 206 g/mol. The van der Waals surface area contributed by atoms with Crippen LogP contribution in [0.4, 0.5) is 0 Å². The van der Waals surface area contributed by atoms with Crippen molar-refractivity contribution in [3.05, 3.63) is 0 Å². The fourth-order valence-electron chi connectivity index (χ4n) is 2.45. The van der Waals surface area contributed by atoms with Crippen molar-refractivity contribution in [3.63, 3.8) is 0 Å². The van der Waals surface area contributed by atoms with Gasteiger partial charge in [-0.05, 0) is 25.2 Å². The molecule has 1 aliphatic carbocycles. The van der Waals surface area contributed by atoms with Gasteiger partial charge in [-0.3, -0.25) is 9.59 Å². The number of carbonyl (C=O) groups excluding carboxylic acids is 1. The Morgan fingerprint density at radius 1 is 1.38 bits per heavy atom. The molecule has 0 spiro atoms. The van der Waals surface area contributed by atoms with E-state index >= 15 is 0 Å². The zero-order chi connectivity index (χ0) is 12.1. The van der Waals surface area contributed by atoms with Gasteiger partial charge in [0.2, 0.25) is 5.91 Å². The molecule has 0 aliphatic heterocycles. The molecule has 1 rings (SSSR count). The Hall–Kier alpha value is -1.06. The maximum Gasteiger partial charge on any atom is 0.323 e. The monoisotopic (exact) mass is 227 g/mol. The first-order chi connectivity index (χ1) is 7.56. The van der Waals surface area contributed by atoms with Crippen molar-refractivity contribution in [2.75, 3.05) is 13.1 Å². The summed E-state index contributed by atoms with van der Waals surface area (Å²) in [6.45, 7) is 4.44. The molecule has 1 aliphatic rings. The average molecular weight is 227 g/mol. The van der Waals surface area contributed by atoms with E-state index in [9.17, 15) is 9.59 Å². The lowest BCUT2D eigenvalue weighted by Crippen LogP contribution is -2.40. The Morgan fingerprint density at radius 3 is 2.50 bits per heavy atom. The maximum atomic E-state index is 12.1. The average Bonchev–Trinajstić information content (AvgIpc) is 2.62. The first kappa shape index (κ1) is 13.0. The third kappa shape index (κ3) is 3.22. The summed E-state index contributed by atoms with van der Waals surface area (Å²) in [4.78, 5) is 24.3. The van der Waals surface area contributed by atoms with Gasteiger partial charge in [-0.15, -0.1) is 0 Å². The van der Waals surface area contributed by atoms with Crippen LogP contribution in [0.25, 0.3) is 0 Å². The normalized spacial score (nSPS) is 24.4. The van der Waals surface area contributed by atoms with Gasteiger partial charge in [0.1, 0.15) is 6.54 Å². The molecule has 92 valence electrons. The minimum Gasteiger partial charge on any atom is -0.480 e. The fraction of sp³-hybridized carbons (Fsp3) is 0.833. The van der Waals surface area contributed by atoms with E-state index in [1.54, 1.807) is 0 Å². The van der Waals surface area contributed by atoms with Gasteiger partial charge in [-0.2, -0.15) is 0 Å². The van der Waals surface area contributed by atoms with E-state index in [1.807, 2.05) is 6.92 Å². The maximum absolute atomic E-state index is 12.1. The summed E-state index contributed by atoms with van der Waals surface area (Å²) in [5.74, 6) is -0.437. The first-order valence-corrected chi connectivity index (χ1v) is 6.06. The van der Waals surface area contributed by atoms with Gasteiger partial charge in [0.15, 0.2) is 0 Å². The molecule has 16 heavy (non-hydrogen) atoms. The lowest BCUT2D eigenvalue weighted by atomic mass is 9.96. The highest BCUT2D eigenvalue weighted by Crippen LogP contribution is 2.32. The number of carboxylic acid groups (broad SMARTS) is 1. The smallest absolute Gasteiger partial charge is 0.323 e. The summed E-state index contributed by atoms with van der Waals surface area (Å²) in [5.41, 5.74) is 0. The third-order valence-electron chi connectivity index (χ3n) is 3.31. The summed E-state index contributed by atoms with van der Waals surface area (Å²) in [6, 6.07) is 0. The first-order valence-electron chi connectivity index (χ1n) is 6.06. The van der Waals surface area contributed by atoms with E-state index in [4.69, 9.17) is 5.11 Å². The van der Waals surface area contributed by atoms with Crippen LogP contribution in [-0.2, 0) is 9.59 Å². The minimum atomic E-state index is -0.924. The van der Waals surface area contributed by atoms with Crippen LogP contribution in [0, 0.1) is 11.8 Å². The molecule has 0 heterocycles. The van der Waals surface area contributed by atoms with Crippen molar-refractivity contribution >= 4 is 11.9 Å². The molecule has 4 heteroatoms. The number of aliphatic carboxylic acids is 1. The number of rotatable bonds is 5. The zero-order valence-corrected chi connectivity index (χ0v) is 10.1. The lowest BCUT2D eigenvalue weighted by molar-refractivity contribution is -0.146. The molecule has 4 nitrogen and oxygen atoms in total. The topological polar surface area (TPSA) is 57.6 Å². The molecule has 0 bridgehead atoms. The molecular formula is C12H21NO3. The predicted molar refractivity (Wildman–Crippen MR) is 61.0 cm³/mol. The molecule has 1 fully saturated rings. The highest BCUT2D eigenvalue weighted by atomic mass is 16.4. The molecule has 1 amide bonds. The second-order valence-corrected chi connectivity index (χ2v) is 4.67. The quantitative estimate of drug-likeness (QED) is 0.778. The van der Waals surface area contributed by atoms with E-state index in [1.165, 1.54) is 4.90 Å². The van der Waals surface area contributed by atoms with Gasteiger partial charge in [0, 0.05) is 12.5 Å². The number of carbonyl (C=O) groups is 2. The molecule has 1 N–H and O–H groups in total. The molecule has 2 unspecified atom stereocenters. The molecule has 0 saturated heterocycles. The largest absolute Gasteiger partial charge is 0.480 e. The van der Waals surface area contributed by atoms with Crippen molar-refractivity contribution in [2.24, 2.45) is 11.8 Å². The van der Waals surface area contributed by atoms with Gasteiger partial charge in [0.05, 0.1) is 0 Å². The SMILES string of the molecule is CCCN(CC(=O)O)C(=O)C1CCCC1C. The second-order valence-electron chi connectivity index (χ2n) is 4.67. The number of hydrogen-bond donors (Lipinski definition) is 1. The van der Waals surface area contributed by atoms with Crippen LogP contribution in [0.1, 0.15) is 39.5 Å². The Bertz CT molecular complexity index is 265.